The minimum absolute atomic E-state index is 1.13. The molecule has 0 heterocycles. The maximum absolute atomic E-state index is 2.46. The van der Waals surface area contributed by atoms with E-state index in [4.69, 9.17) is 0 Å². The summed E-state index contributed by atoms with van der Waals surface area (Å²) in [6.45, 7) is 2.46. The van der Waals surface area contributed by atoms with E-state index < -0.39 is 0 Å². The van der Waals surface area contributed by atoms with E-state index in [9.17, 15) is 0 Å². The van der Waals surface area contributed by atoms with Gasteiger partial charge in [0, 0.05) is 0 Å². The van der Waals surface area contributed by atoms with Crippen molar-refractivity contribution in [3.8, 4) is 0 Å². The number of hydrogen-bond donors (Lipinski definition) is 0. The van der Waals surface area contributed by atoms with Crippen molar-refractivity contribution in [1.82, 2.24) is 0 Å². The third kappa shape index (κ3) is 0.761. The average Bonchev–Trinajstić information content (AvgIpc) is 2.35. The zero-order valence-corrected chi connectivity index (χ0v) is 7.42. The van der Waals surface area contributed by atoms with E-state index in [1.807, 2.05) is 0 Å². The second-order valence-corrected chi connectivity index (χ2v) is 5.04. The molecular weight excluding hydrogens is 132 g/mol. The second-order valence-electron chi connectivity index (χ2n) is 5.04. The van der Waals surface area contributed by atoms with E-state index >= 15 is 0 Å². The van der Waals surface area contributed by atoms with Crippen molar-refractivity contribution in [1.29, 1.82) is 0 Å². The van der Waals surface area contributed by atoms with E-state index in [0.29, 0.717) is 0 Å². The molecule has 0 aromatic carbocycles. The topological polar surface area (TPSA) is 0 Å². The fourth-order valence-corrected chi connectivity index (χ4v) is 3.83. The Bertz CT molecular complexity index is 163. The Hall–Kier alpha value is 0. The van der Waals surface area contributed by atoms with Gasteiger partial charge in [-0.1, -0.05) is 32.6 Å². The van der Waals surface area contributed by atoms with Gasteiger partial charge in [0.1, 0.15) is 0 Å². The van der Waals surface area contributed by atoms with Crippen LogP contribution in [-0.4, -0.2) is 0 Å². The van der Waals surface area contributed by atoms with Crippen LogP contribution in [0.1, 0.15) is 39.0 Å². The SMILES string of the molecule is CC1C2CC(C3CCCC3)C12. The Morgan fingerprint density at radius 1 is 1.00 bits per heavy atom. The van der Waals surface area contributed by atoms with Gasteiger partial charge >= 0.3 is 0 Å². The predicted octanol–water partition coefficient (Wildman–Crippen LogP) is 3.08. The van der Waals surface area contributed by atoms with Gasteiger partial charge in [-0.05, 0) is 36.0 Å². The van der Waals surface area contributed by atoms with E-state index in [-0.39, 0.29) is 0 Å². The van der Waals surface area contributed by atoms with Crippen LogP contribution in [0, 0.1) is 29.6 Å². The predicted molar refractivity (Wildman–Crippen MR) is 46.2 cm³/mol. The van der Waals surface area contributed by atoms with Crippen molar-refractivity contribution >= 4 is 0 Å². The summed E-state index contributed by atoms with van der Waals surface area (Å²) in [6.07, 6.45) is 7.82. The Kier molecular flexibility index (Phi) is 1.20. The molecule has 0 aromatic heterocycles. The van der Waals surface area contributed by atoms with Crippen molar-refractivity contribution in [2.45, 2.75) is 39.0 Å². The van der Waals surface area contributed by atoms with E-state index in [1.54, 1.807) is 19.3 Å². The van der Waals surface area contributed by atoms with Crippen LogP contribution < -0.4 is 0 Å². The zero-order valence-electron chi connectivity index (χ0n) is 7.42. The van der Waals surface area contributed by atoms with Crippen LogP contribution in [0.3, 0.4) is 0 Å². The van der Waals surface area contributed by atoms with E-state index in [2.05, 4.69) is 6.92 Å². The molecule has 3 aliphatic rings. The lowest BCUT2D eigenvalue weighted by molar-refractivity contribution is 0.189. The quantitative estimate of drug-likeness (QED) is 0.539. The maximum Gasteiger partial charge on any atom is -0.0323 e. The molecule has 0 saturated heterocycles. The van der Waals surface area contributed by atoms with Crippen LogP contribution in [0.25, 0.3) is 0 Å². The highest BCUT2D eigenvalue weighted by molar-refractivity contribution is 5.09. The standard InChI is InChI=1S/C11H18/c1-7-9-6-10(11(7)9)8-4-2-3-5-8/h7-11H,2-6H2,1H3. The third-order valence-electron chi connectivity index (χ3n) is 4.68. The average molecular weight is 150 g/mol. The molecule has 0 nitrogen and oxygen atoms in total. The molecule has 0 bridgehead atoms. The monoisotopic (exact) mass is 150 g/mol. The normalized spacial score (nSPS) is 55.4. The van der Waals surface area contributed by atoms with Crippen molar-refractivity contribution < 1.29 is 0 Å². The Labute approximate surface area is 69.4 Å². The van der Waals surface area contributed by atoms with Gasteiger partial charge in [-0.2, -0.15) is 0 Å². The molecule has 62 valence electrons. The highest BCUT2D eigenvalue weighted by atomic mass is 14.7. The smallest absolute Gasteiger partial charge is 0.0323 e. The van der Waals surface area contributed by atoms with Gasteiger partial charge in [0.15, 0.2) is 0 Å². The van der Waals surface area contributed by atoms with Crippen LogP contribution in [-0.2, 0) is 0 Å². The maximum atomic E-state index is 2.46. The Morgan fingerprint density at radius 2 is 1.73 bits per heavy atom. The van der Waals surface area contributed by atoms with Gasteiger partial charge in [-0.15, -0.1) is 0 Å². The Morgan fingerprint density at radius 3 is 2.18 bits per heavy atom. The molecule has 0 amide bonds. The molecule has 3 fully saturated rings. The first-order valence-electron chi connectivity index (χ1n) is 5.38. The molecule has 0 N–H and O–H groups in total. The van der Waals surface area contributed by atoms with Crippen LogP contribution in [0.4, 0.5) is 0 Å². The largest absolute Gasteiger partial charge is 0.0619 e. The van der Waals surface area contributed by atoms with Crippen molar-refractivity contribution in [3.63, 3.8) is 0 Å². The molecule has 11 heavy (non-hydrogen) atoms. The number of fused-ring (bicyclic) bond motifs is 1. The highest BCUT2D eigenvalue weighted by Crippen LogP contribution is 2.67. The summed E-state index contributed by atoms with van der Waals surface area (Å²) in [4.78, 5) is 0. The van der Waals surface area contributed by atoms with Gasteiger partial charge in [-0.3, -0.25) is 0 Å². The molecule has 4 atom stereocenters. The second kappa shape index (κ2) is 2.02. The first-order chi connectivity index (χ1) is 5.38. The minimum Gasteiger partial charge on any atom is -0.0619 e. The lowest BCUT2D eigenvalue weighted by Crippen LogP contribution is -2.23. The summed E-state index contributed by atoms with van der Waals surface area (Å²) >= 11 is 0. The van der Waals surface area contributed by atoms with Gasteiger partial charge in [-0.25, -0.2) is 0 Å². The van der Waals surface area contributed by atoms with Gasteiger partial charge < -0.3 is 0 Å². The fraction of sp³-hybridized carbons (Fsp3) is 1.00. The Balaban J connectivity index is 1.64. The zero-order chi connectivity index (χ0) is 7.42. The minimum atomic E-state index is 1.13. The van der Waals surface area contributed by atoms with Gasteiger partial charge in [0.25, 0.3) is 0 Å². The van der Waals surface area contributed by atoms with Crippen LogP contribution >= 0.6 is 0 Å². The summed E-state index contributed by atoms with van der Waals surface area (Å²) in [7, 11) is 0. The number of rotatable bonds is 1. The van der Waals surface area contributed by atoms with Crippen LogP contribution in [0.2, 0.25) is 0 Å². The molecule has 0 radical (unpaired) electrons. The third-order valence-corrected chi connectivity index (χ3v) is 4.68. The van der Waals surface area contributed by atoms with Crippen molar-refractivity contribution in [2.75, 3.05) is 0 Å². The molecule has 0 aliphatic heterocycles. The summed E-state index contributed by atoms with van der Waals surface area (Å²) in [5.74, 6) is 5.89. The van der Waals surface area contributed by atoms with Crippen LogP contribution in [0.5, 0.6) is 0 Å². The molecule has 3 saturated carbocycles. The van der Waals surface area contributed by atoms with E-state index in [0.717, 1.165) is 5.92 Å². The summed E-state index contributed by atoms with van der Waals surface area (Å²) in [6, 6.07) is 0. The first kappa shape index (κ1) is 6.51. The molecule has 0 heteroatoms. The molecule has 3 rings (SSSR count). The summed E-state index contributed by atoms with van der Waals surface area (Å²) < 4.78 is 0. The first-order valence-corrected chi connectivity index (χ1v) is 5.38. The molecule has 0 spiro atoms. The molecular formula is C11H18. The summed E-state index contributed by atoms with van der Waals surface area (Å²) in [5, 5.41) is 0. The fourth-order valence-electron chi connectivity index (χ4n) is 3.83. The van der Waals surface area contributed by atoms with Crippen molar-refractivity contribution in [3.05, 3.63) is 0 Å². The van der Waals surface area contributed by atoms with Crippen molar-refractivity contribution in [2.24, 2.45) is 29.6 Å². The van der Waals surface area contributed by atoms with Crippen LogP contribution in [0.15, 0.2) is 0 Å². The molecule has 0 aromatic rings. The van der Waals surface area contributed by atoms with E-state index in [1.165, 1.54) is 36.5 Å². The lowest BCUT2D eigenvalue weighted by atomic mass is 9.75. The van der Waals surface area contributed by atoms with Gasteiger partial charge in [0.2, 0.25) is 0 Å². The summed E-state index contributed by atoms with van der Waals surface area (Å²) in [5.41, 5.74) is 0. The molecule has 3 aliphatic carbocycles. The van der Waals surface area contributed by atoms with Gasteiger partial charge in [0.05, 0.1) is 0 Å². The lowest BCUT2D eigenvalue weighted by Gasteiger charge is -2.30. The molecule has 4 unspecified atom stereocenters. The highest BCUT2D eigenvalue weighted by Gasteiger charge is 2.61. The number of hydrogen-bond acceptors (Lipinski definition) is 0.